The summed E-state index contributed by atoms with van der Waals surface area (Å²) < 4.78 is 0. The number of hydrogen-bond donors (Lipinski definition) is 2. The largest absolute Gasteiger partial charge is 0.381 e. The summed E-state index contributed by atoms with van der Waals surface area (Å²) in [6.45, 7) is 13.6. The van der Waals surface area contributed by atoms with E-state index in [9.17, 15) is 0 Å². The molecule has 4 aromatic rings. The third-order valence-electron chi connectivity index (χ3n) is 7.82. The fourth-order valence-electron chi connectivity index (χ4n) is 5.85. The van der Waals surface area contributed by atoms with Crippen LogP contribution in [-0.2, 0) is 12.8 Å². The molecule has 1 aliphatic rings. The lowest BCUT2D eigenvalue weighted by Gasteiger charge is -2.28. The zero-order valence-electron chi connectivity index (χ0n) is 23.7. The van der Waals surface area contributed by atoms with E-state index in [1.54, 1.807) is 0 Å². The second-order valence-electron chi connectivity index (χ2n) is 11.3. The van der Waals surface area contributed by atoms with Gasteiger partial charge in [0.2, 0.25) is 0 Å². The van der Waals surface area contributed by atoms with Crippen LogP contribution < -0.4 is 10.6 Å². The van der Waals surface area contributed by atoms with Crippen LogP contribution in [0.15, 0.2) is 78.9 Å². The number of hydrogen-bond acceptors (Lipinski definition) is 3. The van der Waals surface area contributed by atoms with Crippen LogP contribution in [0.25, 0.3) is 11.3 Å². The van der Waals surface area contributed by atoms with Gasteiger partial charge >= 0.3 is 0 Å². The number of nitrogens with zero attached hydrogens (tertiary/aromatic N) is 1. The first-order valence-corrected chi connectivity index (χ1v) is 14.2. The molecule has 5 rings (SSSR count). The highest BCUT2D eigenvalue weighted by molar-refractivity contribution is 5.80. The molecule has 0 bridgehead atoms. The van der Waals surface area contributed by atoms with Crippen molar-refractivity contribution in [3.8, 4) is 11.3 Å². The monoisotopic (exact) mass is 503 g/mol. The number of para-hydroxylation sites is 2. The Kier molecular flexibility index (Phi) is 7.56. The van der Waals surface area contributed by atoms with Gasteiger partial charge in [0.1, 0.15) is 0 Å². The average Bonchev–Trinajstić information content (AvgIpc) is 3.31. The van der Waals surface area contributed by atoms with Gasteiger partial charge in [-0.15, -0.1) is 0 Å². The second kappa shape index (κ2) is 11.0. The zero-order chi connectivity index (χ0) is 26.8. The van der Waals surface area contributed by atoms with Crippen molar-refractivity contribution in [2.75, 3.05) is 10.6 Å². The Bertz CT molecular complexity index is 1390. The van der Waals surface area contributed by atoms with E-state index in [-0.39, 0.29) is 6.04 Å². The molecule has 0 aliphatic carbocycles. The van der Waals surface area contributed by atoms with Crippen LogP contribution >= 0.6 is 0 Å². The van der Waals surface area contributed by atoms with Crippen molar-refractivity contribution < 1.29 is 0 Å². The standard InChI is InChI=1S/C35H41N3/c1-7-25-13-8-9-15-29(25)35(38-34-27(22(2)3)16-11-17-28(34)23(4)5)32-20-12-19-31(37-32)30-18-10-14-26-21-24(6)36-33(26)30/h8-20,22-24,35-36,38H,7,21H2,1-6H3. The molecule has 0 spiro atoms. The number of aromatic nitrogens is 1. The zero-order valence-corrected chi connectivity index (χ0v) is 23.7. The molecule has 0 saturated carbocycles. The van der Waals surface area contributed by atoms with Crippen molar-refractivity contribution in [3.63, 3.8) is 0 Å². The van der Waals surface area contributed by atoms with Gasteiger partial charge < -0.3 is 10.6 Å². The highest BCUT2D eigenvalue weighted by Crippen LogP contribution is 2.39. The molecule has 2 unspecified atom stereocenters. The highest BCUT2D eigenvalue weighted by atomic mass is 15.0. The molecular formula is C35H41N3. The summed E-state index contributed by atoms with van der Waals surface area (Å²) in [4.78, 5) is 5.34. The van der Waals surface area contributed by atoms with Crippen molar-refractivity contribution in [1.82, 2.24) is 4.98 Å². The number of aryl methyl sites for hydroxylation is 1. The van der Waals surface area contributed by atoms with Gasteiger partial charge in [0.25, 0.3) is 0 Å². The fraction of sp³-hybridized carbons (Fsp3) is 0.343. The number of fused-ring (bicyclic) bond motifs is 1. The Hall–Kier alpha value is -3.59. The molecule has 0 amide bonds. The summed E-state index contributed by atoms with van der Waals surface area (Å²) in [5, 5.41) is 7.73. The van der Waals surface area contributed by atoms with Crippen LogP contribution in [0.1, 0.15) is 92.9 Å². The van der Waals surface area contributed by atoms with Gasteiger partial charge in [-0.05, 0) is 71.6 Å². The highest BCUT2D eigenvalue weighted by Gasteiger charge is 2.25. The Labute approximate surface area is 228 Å². The van der Waals surface area contributed by atoms with Gasteiger partial charge in [0.15, 0.2) is 0 Å². The van der Waals surface area contributed by atoms with Crippen LogP contribution in [0.2, 0.25) is 0 Å². The van der Waals surface area contributed by atoms with Crippen LogP contribution in [0.3, 0.4) is 0 Å². The minimum Gasteiger partial charge on any atom is -0.381 e. The lowest BCUT2D eigenvalue weighted by atomic mass is 9.90. The van der Waals surface area contributed by atoms with Crippen LogP contribution in [0.5, 0.6) is 0 Å². The minimum absolute atomic E-state index is 0.0628. The molecule has 38 heavy (non-hydrogen) atoms. The van der Waals surface area contributed by atoms with Crippen molar-refractivity contribution >= 4 is 11.4 Å². The second-order valence-corrected chi connectivity index (χ2v) is 11.3. The van der Waals surface area contributed by atoms with Crippen LogP contribution in [0.4, 0.5) is 11.4 Å². The van der Waals surface area contributed by atoms with Gasteiger partial charge in [-0.1, -0.05) is 101 Å². The topological polar surface area (TPSA) is 37.0 Å². The van der Waals surface area contributed by atoms with E-state index in [1.807, 2.05) is 0 Å². The Morgan fingerprint density at radius 1 is 0.816 bits per heavy atom. The summed E-state index contributed by atoms with van der Waals surface area (Å²) in [7, 11) is 0. The molecule has 0 saturated heterocycles. The first kappa shape index (κ1) is 26.0. The predicted molar refractivity (Wildman–Crippen MR) is 162 cm³/mol. The maximum absolute atomic E-state index is 5.34. The van der Waals surface area contributed by atoms with Crippen molar-refractivity contribution in [1.29, 1.82) is 0 Å². The van der Waals surface area contributed by atoms with E-state index in [2.05, 4.69) is 131 Å². The van der Waals surface area contributed by atoms with E-state index < -0.39 is 0 Å². The molecule has 1 aromatic heterocycles. The van der Waals surface area contributed by atoms with E-state index in [1.165, 1.54) is 44.8 Å². The van der Waals surface area contributed by atoms with Gasteiger partial charge in [-0.2, -0.15) is 0 Å². The Morgan fingerprint density at radius 3 is 2.18 bits per heavy atom. The third kappa shape index (κ3) is 5.07. The predicted octanol–water partition coefficient (Wildman–Crippen LogP) is 9.12. The van der Waals surface area contributed by atoms with Gasteiger partial charge in [-0.3, -0.25) is 4.98 Å². The lowest BCUT2D eigenvalue weighted by molar-refractivity contribution is 0.810. The van der Waals surface area contributed by atoms with Crippen molar-refractivity contribution in [3.05, 3.63) is 112 Å². The molecule has 3 aromatic carbocycles. The summed E-state index contributed by atoms with van der Waals surface area (Å²) in [6.07, 6.45) is 2.03. The maximum Gasteiger partial charge on any atom is 0.0943 e. The van der Waals surface area contributed by atoms with Crippen molar-refractivity contribution in [2.45, 2.75) is 78.3 Å². The number of benzene rings is 3. The van der Waals surface area contributed by atoms with E-state index >= 15 is 0 Å². The third-order valence-corrected chi connectivity index (χ3v) is 7.82. The molecule has 3 nitrogen and oxygen atoms in total. The SMILES string of the molecule is CCc1ccccc1C(Nc1c(C(C)C)cccc1C(C)C)c1cccc(-c2cccc3c2NC(C)C3)n1. The molecule has 2 heterocycles. The quantitative estimate of drug-likeness (QED) is 0.252. The summed E-state index contributed by atoms with van der Waals surface area (Å²) in [5.41, 5.74) is 12.4. The molecular weight excluding hydrogens is 462 g/mol. The van der Waals surface area contributed by atoms with Crippen molar-refractivity contribution in [2.24, 2.45) is 0 Å². The molecule has 3 heteroatoms. The number of rotatable bonds is 8. The summed E-state index contributed by atoms with van der Waals surface area (Å²) in [5.74, 6) is 0.829. The smallest absolute Gasteiger partial charge is 0.0943 e. The lowest BCUT2D eigenvalue weighted by Crippen LogP contribution is -2.18. The van der Waals surface area contributed by atoms with Gasteiger partial charge in [-0.25, -0.2) is 0 Å². The van der Waals surface area contributed by atoms with E-state index in [0.29, 0.717) is 17.9 Å². The molecule has 2 atom stereocenters. The average molecular weight is 504 g/mol. The first-order chi connectivity index (χ1) is 18.4. The van der Waals surface area contributed by atoms with Crippen LogP contribution in [-0.4, -0.2) is 11.0 Å². The number of pyridine rings is 1. The molecule has 0 radical (unpaired) electrons. The van der Waals surface area contributed by atoms with Crippen LogP contribution in [0, 0.1) is 0 Å². The normalized spacial score (nSPS) is 15.4. The maximum atomic E-state index is 5.34. The number of anilines is 2. The molecule has 2 N–H and O–H groups in total. The van der Waals surface area contributed by atoms with Gasteiger partial charge in [0.05, 0.1) is 17.4 Å². The molecule has 1 aliphatic heterocycles. The molecule has 0 fully saturated rings. The van der Waals surface area contributed by atoms with E-state index in [0.717, 1.165) is 24.2 Å². The Balaban J connectivity index is 1.66. The summed E-state index contributed by atoms with van der Waals surface area (Å²) >= 11 is 0. The molecule has 196 valence electrons. The number of nitrogens with one attached hydrogen (secondary N) is 2. The fourth-order valence-corrected chi connectivity index (χ4v) is 5.85. The first-order valence-electron chi connectivity index (χ1n) is 14.2. The van der Waals surface area contributed by atoms with Gasteiger partial charge in [0, 0.05) is 23.0 Å². The minimum atomic E-state index is -0.0628. The summed E-state index contributed by atoms with van der Waals surface area (Å²) in [6, 6.07) is 29.0. The Morgan fingerprint density at radius 2 is 1.47 bits per heavy atom. The van der Waals surface area contributed by atoms with E-state index in [4.69, 9.17) is 4.98 Å².